The lowest BCUT2D eigenvalue weighted by atomic mass is 9.86. The number of benzene rings is 1. The van der Waals surface area contributed by atoms with Gasteiger partial charge < -0.3 is 5.73 Å². The van der Waals surface area contributed by atoms with E-state index in [-0.39, 0.29) is 0 Å². The van der Waals surface area contributed by atoms with Crippen molar-refractivity contribution in [3.8, 4) is 10.6 Å². The summed E-state index contributed by atoms with van der Waals surface area (Å²) in [4.78, 5) is 6.32. The highest BCUT2D eigenvalue weighted by molar-refractivity contribution is 7.15. The first-order valence-corrected chi connectivity index (χ1v) is 7.30. The minimum Gasteiger partial charge on any atom is -0.399 e. The maximum atomic E-state index is 5.73. The maximum absolute atomic E-state index is 5.73. The van der Waals surface area contributed by atoms with Crippen LogP contribution < -0.4 is 5.73 Å². The quantitative estimate of drug-likeness (QED) is 0.783. The number of nitrogen functional groups attached to an aromatic ring is 1. The molecule has 3 heteroatoms. The molecule has 2 atom stereocenters. The highest BCUT2D eigenvalue weighted by Gasteiger charge is 2.25. The summed E-state index contributed by atoms with van der Waals surface area (Å²) in [6.45, 7) is 4.64. The molecule has 0 amide bonds. The van der Waals surface area contributed by atoms with Crippen LogP contribution in [-0.4, -0.2) is 4.98 Å². The van der Waals surface area contributed by atoms with Crippen molar-refractivity contribution in [3.05, 3.63) is 34.8 Å². The Morgan fingerprint density at radius 1 is 1.22 bits per heavy atom. The second-order valence-corrected chi connectivity index (χ2v) is 6.43. The van der Waals surface area contributed by atoms with Gasteiger partial charge >= 0.3 is 0 Å². The van der Waals surface area contributed by atoms with E-state index in [0.717, 1.165) is 23.0 Å². The van der Waals surface area contributed by atoms with E-state index in [1.807, 2.05) is 23.5 Å². The molecule has 2 nitrogen and oxygen atoms in total. The molecule has 1 aromatic carbocycles. The van der Waals surface area contributed by atoms with Crippen LogP contribution in [0.3, 0.4) is 0 Å². The van der Waals surface area contributed by atoms with E-state index < -0.39 is 0 Å². The number of aromatic nitrogens is 1. The molecule has 3 rings (SSSR count). The van der Waals surface area contributed by atoms with E-state index in [2.05, 4.69) is 26.0 Å². The minimum absolute atomic E-state index is 0.656. The van der Waals surface area contributed by atoms with Crippen molar-refractivity contribution in [1.82, 2.24) is 4.98 Å². The molecule has 0 bridgehead atoms. The van der Waals surface area contributed by atoms with Gasteiger partial charge in [-0.2, -0.15) is 0 Å². The zero-order chi connectivity index (χ0) is 12.7. The molecule has 1 aliphatic rings. The average molecular weight is 258 g/mol. The summed E-state index contributed by atoms with van der Waals surface area (Å²) >= 11 is 1.85. The molecule has 0 fully saturated rings. The monoisotopic (exact) mass is 258 g/mol. The molecule has 18 heavy (non-hydrogen) atoms. The van der Waals surface area contributed by atoms with Crippen molar-refractivity contribution in [2.45, 2.75) is 32.6 Å². The molecule has 2 N–H and O–H groups in total. The third-order valence-electron chi connectivity index (χ3n) is 3.63. The Morgan fingerprint density at radius 3 is 2.67 bits per heavy atom. The molecule has 0 spiro atoms. The van der Waals surface area contributed by atoms with Crippen molar-refractivity contribution in [1.29, 1.82) is 0 Å². The van der Waals surface area contributed by atoms with Crippen LogP contribution in [0, 0.1) is 5.92 Å². The number of fused-ring (bicyclic) bond motifs is 1. The van der Waals surface area contributed by atoms with Crippen LogP contribution in [0.4, 0.5) is 5.69 Å². The molecule has 1 aromatic heterocycles. The summed E-state index contributed by atoms with van der Waals surface area (Å²) in [6, 6.07) is 8.02. The lowest BCUT2D eigenvalue weighted by molar-refractivity contribution is 0.450. The summed E-state index contributed by atoms with van der Waals surface area (Å²) in [5.41, 5.74) is 9.03. The van der Waals surface area contributed by atoms with E-state index in [1.54, 1.807) is 0 Å². The van der Waals surface area contributed by atoms with Crippen molar-refractivity contribution >= 4 is 17.0 Å². The number of thiazole rings is 1. The molecular formula is C15H18N2S. The molecule has 2 aromatic rings. The highest BCUT2D eigenvalue weighted by Crippen LogP contribution is 2.40. The largest absolute Gasteiger partial charge is 0.399 e. The zero-order valence-corrected chi connectivity index (χ0v) is 11.6. The van der Waals surface area contributed by atoms with Gasteiger partial charge in [0.25, 0.3) is 0 Å². The van der Waals surface area contributed by atoms with Crippen LogP contribution in [-0.2, 0) is 6.42 Å². The summed E-state index contributed by atoms with van der Waals surface area (Å²) in [6.07, 6.45) is 2.42. The van der Waals surface area contributed by atoms with Crippen molar-refractivity contribution in [2.24, 2.45) is 5.92 Å². The Kier molecular flexibility index (Phi) is 2.86. The second kappa shape index (κ2) is 4.39. The van der Waals surface area contributed by atoms with Crippen LogP contribution in [0.15, 0.2) is 24.3 Å². The molecule has 2 unspecified atom stereocenters. The Morgan fingerprint density at radius 2 is 1.94 bits per heavy atom. The topological polar surface area (TPSA) is 38.9 Å². The van der Waals surface area contributed by atoms with Gasteiger partial charge in [0.15, 0.2) is 0 Å². The second-order valence-electron chi connectivity index (χ2n) is 5.40. The standard InChI is InChI=1S/C15H18N2S/c1-9-7-10(2)14-13(8-9)17-15(18-14)11-3-5-12(16)6-4-11/h3-6,9-10H,7-8,16H2,1-2H3. The molecule has 94 valence electrons. The number of hydrogen-bond donors (Lipinski definition) is 1. The maximum Gasteiger partial charge on any atom is 0.123 e. The minimum atomic E-state index is 0.656. The smallest absolute Gasteiger partial charge is 0.123 e. The first kappa shape index (κ1) is 11.7. The van der Waals surface area contributed by atoms with Gasteiger partial charge in [-0.15, -0.1) is 11.3 Å². The predicted molar refractivity (Wildman–Crippen MR) is 77.9 cm³/mol. The van der Waals surface area contributed by atoms with Gasteiger partial charge in [0.2, 0.25) is 0 Å². The fourth-order valence-electron chi connectivity index (χ4n) is 2.77. The van der Waals surface area contributed by atoms with Gasteiger partial charge in [-0.05, 0) is 48.9 Å². The molecule has 1 heterocycles. The Hall–Kier alpha value is -1.35. The molecule has 0 aliphatic heterocycles. The van der Waals surface area contributed by atoms with E-state index in [4.69, 9.17) is 10.7 Å². The molecular weight excluding hydrogens is 240 g/mol. The lowest BCUT2D eigenvalue weighted by Gasteiger charge is -2.22. The van der Waals surface area contributed by atoms with Gasteiger partial charge in [-0.25, -0.2) is 4.98 Å². The van der Waals surface area contributed by atoms with E-state index in [1.165, 1.54) is 22.6 Å². The van der Waals surface area contributed by atoms with Crippen LogP contribution in [0.25, 0.3) is 10.6 Å². The lowest BCUT2D eigenvalue weighted by Crippen LogP contribution is -2.12. The van der Waals surface area contributed by atoms with Crippen molar-refractivity contribution in [3.63, 3.8) is 0 Å². The first-order chi connectivity index (χ1) is 8.63. The number of nitrogens with two attached hydrogens (primary N) is 1. The third-order valence-corrected chi connectivity index (χ3v) is 5.01. The molecule has 0 radical (unpaired) electrons. The van der Waals surface area contributed by atoms with Gasteiger partial charge in [0.1, 0.15) is 5.01 Å². The van der Waals surface area contributed by atoms with Gasteiger partial charge in [-0.1, -0.05) is 13.8 Å². The van der Waals surface area contributed by atoms with Gasteiger partial charge in [-0.3, -0.25) is 0 Å². The average Bonchev–Trinajstić information content (AvgIpc) is 2.74. The summed E-state index contributed by atoms with van der Waals surface area (Å²) in [7, 11) is 0. The number of anilines is 1. The normalized spacial score (nSPS) is 22.8. The summed E-state index contributed by atoms with van der Waals surface area (Å²) < 4.78 is 0. The number of hydrogen-bond acceptors (Lipinski definition) is 3. The molecule has 0 saturated carbocycles. The zero-order valence-electron chi connectivity index (χ0n) is 10.8. The Balaban J connectivity index is 2.00. The molecule has 0 saturated heterocycles. The fraction of sp³-hybridized carbons (Fsp3) is 0.400. The van der Waals surface area contributed by atoms with E-state index >= 15 is 0 Å². The van der Waals surface area contributed by atoms with E-state index in [9.17, 15) is 0 Å². The van der Waals surface area contributed by atoms with Gasteiger partial charge in [0, 0.05) is 16.1 Å². The fourth-order valence-corrected chi connectivity index (χ4v) is 3.93. The first-order valence-electron chi connectivity index (χ1n) is 6.49. The van der Waals surface area contributed by atoms with Crippen molar-refractivity contribution < 1.29 is 0 Å². The van der Waals surface area contributed by atoms with Crippen molar-refractivity contribution in [2.75, 3.05) is 5.73 Å². The highest BCUT2D eigenvalue weighted by atomic mass is 32.1. The molecule has 1 aliphatic carbocycles. The Bertz CT molecular complexity index is 556. The van der Waals surface area contributed by atoms with E-state index in [0.29, 0.717) is 5.92 Å². The van der Waals surface area contributed by atoms with Gasteiger partial charge in [0.05, 0.1) is 5.69 Å². The number of rotatable bonds is 1. The summed E-state index contributed by atoms with van der Waals surface area (Å²) in [5, 5.41) is 1.14. The van der Waals surface area contributed by atoms with Crippen LogP contribution in [0.1, 0.15) is 36.8 Å². The summed E-state index contributed by atoms with van der Waals surface area (Å²) in [5.74, 6) is 1.41. The third kappa shape index (κ3) is 2.03. The SMILES string of the molecule is CC1Cc2nc(-c3ccc(N)cc3)sc2C(C)C1. The van der Waals surface area contributed by atoms with Crippen LogP contribution in [0.5, 0.6) is 0 Å². The van der Waals surface area contributed by atoms with Crippen LogP contribution >= 0.6 is 11.3 Å². The number of nitrogens with zero attached hydrogens (tertiary/aromatic N) is 1. The van der Waals surface area contributed by atoms with Crippen LogP contribution in [0.2, 0.25) is 0 Å². The predicted octanol–water partition coefficient (Wildman–Crippen LogP) is 4.08. The Labute approximate surface area is 112 Å².